The van der Waals surface area contributed by atoms with Crippen molar-refractivity contribution >= 4 is 33.2 Å². The van der Waals surface area contributed by atoms with Crippen molar-refractivity contribution in [2.75, 3.05) is 57.2 Å². The molecular weight excluding hydrogens is 460 g/mol. The zero-order valence-corrected chi connectivity index (χ0v) is 21.1. The molecule has 1 aliphatic heterocycles. The summed E-state index contributed by atoms with van der Waals surface area (Å²) in [5.74, 6) is -0.344. The first kappa shape index (κ1) is 25.5. The summed E-state index contributed by atoms with van der Waals surface area (Å²) < 4.78 is 28.1. The van der Waals surface area contributed by atoms with E-state index in [0.29, 0.717) is 22.8 Å². The number of sulfonamides is 1. The number of carbonyl (C=O) groups is 1. The maximum atomic E-state index is 13.5. The lowest BCUT2D eigenvalue weighted by Gasteiger charge is -2.32. The second kappa shape index (κ2) is 11.3. The maximum Gasteiger partial charge on any atom is 0.264 e. The van der Waals surface area contributed by atoms with Gasteiger partial charge in [0.25, 0.3) is 10.0 Å². The molecule has 0 aromatic heterocycles. The molecule has 0 saturated carbocycles. The van der Waals surface area contributed by atoms with Gasteiger partial charge in [-0.3, -0.25) is 9.10 Å². The van der Waals surface area contributed by atoms with Gasteiger partial charge < -0.3 is 15.1 Å². The number of likely N-dealkylation sites (N-methyl/N-ethyl adjacent to an activating group) is 1. The fourth-order valence-electron chi connectivity index (χ4n) is 3.79. The molecule has 0 aliphatic carbocycles. The normalized spacial score (nSPS) is 15.4. The number of benzene rings is 2. The molecule has 180 valence electrons. The fraction of sp³-hybridized carbons (Fsp3) is 0.458. The van der Waals surface area contributed by atoms with E-state index in [-0.39, 0.29) is 17.3 Å². The molecule has 1 fully saturated rings. The van der Waals surface area contributed by atoms with Gasteiger partial charge in [0.1, 0.15) is 6.54 Å². The van der Waals surface area contributed by atoms with Crippen LogP contribution < -0.4 is 9.62 Å². The molecule has 0 spiro atoms. The monoisotopic (exact) mass is 492 g/mol. The minimum absolute atomic E-state index is 0.135. The molecule has 1 aliphatic rings. The Hall–Kier alpha value is -2.13. The van der Waals surface area contributed by atoms with Gasteiger partial charge >= 0.3 is 0 Å². The highest BCUT2D eigenvalue weighted by atomic mass is 35.5. The summed E-state index contributed by atoms with van der Waals surface area (Å²) in [5.41, 5.74) is 1.96. The molecular formula is C24H33ClN4O3S. The van der Waals surface area contributed by atoms with Crippen LogP contribution in [0.4, 0.5) is 5.69 Å². The summed E-state index contributed by atoms with van der Waals surface area (Å²) in [6.07, 6.45) is 0.816. The van der Waals surface area contributed by atoms with Crippen LogP contribution in [-0.4, -0.2) is 77.0 Å². The second-order valence-electron chi connectivity index (χ2n) is 8.56. The van der Waals surface area contributed by atoms with Crippen LogP contribution in [0.5, 0.6) is 0 Å². The third-order valence-electron chi connectivity index (χ3n) is 5.97. The zero-order valence-electron chi connectivity index (χ0n) is 19.6. The predicted octanol–water partition coefficient (Wildman–Crippen LogP) is 2.91. The van der Waals surface area contributed by atoms with Crippen LogP contribution in [-0.2, 0) is 14.8 Å². The molecule has 7 nitrogen and oxygen atoms in total. The lowest BCUT2D eigenvalue weighted by atomic mass is 10.2. The van der Waals surface area contributed by atoms with E-state index >= 15 is 0 Å². The van der Waals surface area contributed by atoms with E-state index < -0.39 is 10.0 Å². The van der Waals surface area contributed by atoms with Crippen molar-refractivity contribution in [1.82, 2.24) is 15.1 Å². The van der Waals surface area contributed by atoms with E-state index in [2.05, 4.69) is 22.2 Å². The molecule has 2 aromatic rings. The summed E-state index contributed by atoms with van der Waals surface area (Å²) >= 11 is 6.27. The average Bonchev–Trinajstić information content (AvgIpc) is 2.78. The first-order chi connectivity index (χ1) is 15.7. The highest BCUT2D eigenvalue weighted by molar-refractivity contribution is 7.92. The molecule has 1 heterocycles. The standard InChI is InChI=1S/C24H33ClN4O3S/c1-19-8-10-21(11-9-19)33(31,32)29(23-7-4-6-22(25)20(23)2)18-24(30)26-12-5-13-28-16-14-27(3)15-17-28/h4,6-11H,5,12-18H2,1-3H3,(H,26,30). The molecule has 1 amide bonds. The highest BCUT2D eigenvalue weighted by Gasteiger charge is 2.28. The van der Waals surface area contributed by atoms with E-state index in [1.54, 1.807) is 49.4 Å². The average molecular weight is 493 g/mol. The van der Waals surface area contributed by atoms with Gasteiger partial charge in [-0.15, -0.1) is 0 Å². The Labute approximate surface area is 202 Å². The molecule has 2 aromatic carbocycles. The number of carbonyl (C=O) groups excluding carboxylic acids is 1. The van der Waals surface area contributed by atoms with Crippen LogP contribution in [0.1, 0.15) is 17.5 Å². The summed E-state index contributed by atoms with van der Waals surface area (Å²) in [4.78, 5) is 17.6. The predicted molar refractivity (Wildman–Crippen MR) is 133 cm³/mol. The van der Waals surface area contributed by atoms with Gasteiger partial charge in [0.2, 0.25) is 5.91 Å². The number of amides is 1. The Morgan fingerprint density at radius 2 is 1.73 bits per heavy atom. The quantitative estimate of drug-likeness (QED) is 0.545. The minimum atomic E-state index is -3.96. The lowest BCUT2D eigenvalue weighted by molar-refractivity contribution is -0.119. The third kappa shape index (κ3) is 6.69. The molecule has 33 heavy (non-hydrogen) atoms. The summed E-state index contributed by atoms with van der Waals surface area (Å²) in [6, 6.07) is 11.7. The maximum absolute atomic E-state index is 13.5. The number of anilines is 1. The summed E-state index contributed by atoms with van der Waals surface area (Å²) in [5, 5.41) is 3.33. The Morgan fingerprint density at radius 3 is 2.39 bits per heavy atom. The Morgan fingerprint density at radius 1 is 1.06 bits per heavy atom. The van der Waals surface area contributed by atoms with Crippen LogP contribution in [0, 0.1) is 13.8 Å². The van der Waals surface area contributed by atoms with Crippen molar-refractivity contribution in [3.8, 4) is 0 Å². The van der Waals surface area contributed by atoms with Crippen LogP contribution in [0.25, 0.3) is 0 Å². The highest BCUT2D eigenvalue weighted by Crippen LogP contribution is 2.30. The number of hydrogen-bond acceptors (Lipinski definition) is 5. The lowest BCUT2D eigenvalue weighted by Crippen LogP contribution is -2.45. The van der Waals surface area contributed by atoms with Crippen molar-refractivity contribution in [2.45, 2.75) is 25.2 Å². The third-order valence-corrected chi connectivity index (χ3v) is 8.16. The van der Waals surface area contributed by atoms with E-state index in [4.69, 9.17) is 11.6 Å². The topological polar surface area (TPSA) is 73.0 Å². The van der Waals surface area contributed by atoms with Gasteiger partial charge in [-0.25, -0.2) is 8.42 Å². The largest absolute Gasteiger partial charge is 0.354 e. The van der Waals surface area contributed by atoms with Crippen LogP contribution >= 0.6 is 11.6 Å². The Bertz CT molecular complexity index is 1050. The van der Waals surface area contributed by atoms with Gasteiger partial charge in [-0.2, -0.15) is 0 Å². The summed E-state index contributed by atoms with van der Waals surface area (Å²) in [7, 11) is -1.84. The van der Waals surface area contributed by atoms with E-state index in [0.717, 1.165) is 49.0 Å². The van der Waals surface area contributed by atoms with Crippen LogP contribution in [0.2, 0.25) is 5.02 Å². The van der Waals surface area contributed by atoms with Crippen LogP contribution in [0.15, 0.2) is 47.4 Å². The van der Waals surface area contributed by atoms with Crippen molar-refractivity contribution in [3.05, 3.63) is 58.6 Å². The summed E-state index contributed by atoms with van der Waals surface area (Å²) in [6.45, 7) is 8.90. The molecule has 0 bridgehead atoms. The first-order valence-corrected chi connectivity index (χ1v) is 13.0. The zero-order chi connectivity index (χ0) is 24.0. The molecule has 1 saturated heterocycles. The van der Waals surface area contributed by atoms with E-state index in [1.807, 2.05) is 6.92 Å². The number of aryl methyl sites for hydroxylation is 1. The minimum Gasteiger partial charge on any atom is -0.354 e. The van der Waals surface area contributed by atoms with Crippen molar-refractivity contribution in [3.63, 3.8) is 0 Å². The number of hydrogen-bond donors (Lipinski definition) is 1. The van der Waals surface area contributed by atoms with Gasteiger partial charge in [0.05, 0.1) is 10.6 Å². The second-order valence-corrected chi connectivity index (χ2v) is 10.8. The molecule has 1 N–H and O–H groups in total. The van der Waals surface area contributed by atoms with E-state index in [1.165, 1.54) is 0 Å². The molecule has 9 heteroatoms. The number of piperazine rings is 1. The van der Waals surface area contributed by atoms with Gasteiger partial charge in [-0.1, -0.05) is 35.4 Å². The number of nitrogens with one attached hydrogen (secondary N) is 1. The van der Waals surface area contributed by atoms with E-state index in [9.17, 15) is 13.2 Å². The Balaban J connectivity index is 1.70. The molecule has 0 unspecified atom stereocenters. The van der Waals surface area contributed by atoms with Gasteiger partial charge in [-0.05, 0) is 63.7 Å². The molecule has 0 atom stereocenters. The number of rotatable bonds is 9. The number of halogens is 1. The smallest absolute Gasteiger partial charge is 0.264 e. The van der Waals surface area contributed by atoms with Crippen molar-refractivity contribution in [2.24, 2.45) is 0 Å². The van der Waals surface area contributed by atoms with Crippen LogP contribution in [0.3, 0.4) is 0 Å². The first-order valence-electron chi connectivity index (χ1n) is 11.2. The molecule has 0 radical (unpaired) electrons. The Kier molecular flexibility index (Phi) is 8.75. The fourth-order valence-corrected chi connectivity index (χ4v) is 5.44. The van der Waals surface area contributed by atoms with Gasteiger partial charge in [0, 0.05) is 37.7 Å². The SMILES string of the molecule is Cc1ccc(S(=O)(=O)N(CC(=O)NCCCN2CCN(C)CC2)c2cccc(Cl)c2C)cc1. The van der Waals surface area contributed by atoms with Gasteiger partial charge in [0.15, 0.2) is 0 Å². The molecule has 3 rings (SSSR count). The number of nitrogens with zero attached hydrogens (tertiary/aromatic N) is 3. The van der Waals surface area contributed by atoms with Crippen molar-refractivity contribution in [1.29, 1.82) is 0 Å². The van der Waals surface area contributed by atoms with Crippen molar-refractivity contribution < 1.29 is 13.2 Å².